The Hall–Kier alpha value is -2.01. The SMILES string of the molecule is CCN(CC)C(C)c1c(-c2ccccc2)nc2[nH]c3ccccc3n12.Cl.Cl. The van der Waals surface area contributed by atoms with Crippen molar-refractivity contribution < 1.29 is 0 Å². The molecule has 2 heterocycles. The molecule has 0 aliphatic carbocycles. The number of aromatic nitrogens is 3. The van der Waals surface area contributed by atoms with Gasteiger partial charge in [-0.1, -0.05) is 56.3 Å². The fourth-order valence-electron chi connectivity index (χ4n) is 3.79. The number of nitrogens with zero attached hydrogens (tertiary/aromatic N) is 3. The fourth-order valence-corrected chi connectivity index (χ4v) is 3.79. The van der Waals surface area contributed by atoms with Gasteiger partial charge >= 0.3 is 0 Å². The number of H-pyrrole nitrogens is 1. The van der Waals surface area contributed by atoms with E-state index in [0.717, 1.165) is 35.6 Å². The van der Waals surface area contributed by atoms with Crippen molar-refractivity contribution >= 4 is 41.6 Å². The van der Waals surface area contributed by atoms with E-state index in [1.54, 1.807) is 0 Å². The molecule has 2 aromatic carbocycles. The highest BCUT2D eigenvalue weighted by atomic mass is 35.5. The molecule has 0 bridgehead atoms. The van der Waals surface area contributed by atoms with Gasteiger partial charge in [0.15, 0.2) is 0 Å². The number of rotatable bonds is 5. The smallest absolute Gasteiger partial charge is 0.213 e. The van der Waals surface area contributed by atoms with Crippen molar-refractivity contribution in [2.45, 2.75) is 26.8 Å². The highest BCUT2D eigenvalue weighted by Crippen LogP contribution is 2.34. The van der Waals surface area contributed by atoms with Gasteiger partial charge in [-0.15, -0.1) is 24.8 Å². The summed E-state index contributed by atoms with van der Waals surface area (Å²) >= 11 is 0. The number of hydrogen-bond donors (Lipinski definition) is 1. The van der Waals surface area contributed by atoms with Crippen molar-refractivity contribution in [2.75, 3.05) is 13.1 Å². The van der Waals surface area contributed by atoms with E-state index < -0.39 is 0 Å². The lowest BCUT2D eigenvalue weighted by atomic mass is 10.1. The van der Waals surface area contributed by atoms with Gasteiger partial charge in [0.25, 0.3) is 0 Å². The third-order valence-electron chi connectivity index (χ3n) is 5.11. The molecule has 2 aromatic heterocycles. The number of para-hydroxylation sites is 2. The van der Waals surface area contributed by atoms with E-state index in [0.29, 0.717) is 0 Å². The Morgan fingerprint density at radius 3 is 2.26 bits per heavy atom. The van der Waals surface area contributed by atoms with Crippen LogP contribution >= 0.6 is 24.8 Å². The average Bonchev–Trinajstić information content (AvgIpc) is 3.19. The van der Waals surface area contributed by atoms with E-state index in [1.165, 1.54) is 11.2 Å². The number of halogens is 2. The minimum atomic E-state index is 0. The second-order valence-corrected chi connectivity index (χ2v) is 6.41. The molecule has 6 heteroatoms. The summed E-state index contributed by atoms with van der Waals surface area (Å²) in [5.74, 6) is 0.911. The molecule has 1 unspecified atom stereocenters. The van der Waals surface area contributed by atoms with E-state index in [1.807, 2.05) is 6.07 Å². The molecule has 27 heavy (non-hydrogen) atoms. The third-order valence-corrected chi connectivity index (χ3v) is 5.11. The van der Waals surface area contributed by atoms with Crippen molar-refractivity contribution in [1.29, 1.82) is 0 Å². The second kappa shape index (κ2) is 8.79. The summed E-state index contributed by atoms with van der Waals surface area (Å²) in [7, 11) is 0. The topological polar surface area (TPSA) is 36.3 Å². The van der Waals surface area contributed by atoms with Gasteiger partial charge < -0.3 is 4.98 Å². The lowest BCUT2D eigenvalue weighted by molar-refractivity contribution is 0.230. The molecule has 0 spiro atoms. The van der Waals surface area contributed by atoms with Crippen LogP contribution in [-0.4, -0.2) is 32.4 Å². The molecule has 0 amide bonds. The zero-order valence-corrected chi connectivity index (χ0v) is 17.5. The molecule has 4 nitrogen and oxygen atoms in total. The molecule has 4 rings (SSSR count). The molecule has 0 radical (unpaired) electrons. The number of fused-ring (bicyclic) bond motifs is 3. The second-order valence-electron chi connectivity index (χ2n) is 6.41. The van der Waals surface area contributed by atoms with E-state index in [4.69, 9.17) is 4.98 Å². The van der Waals surface area contributed by atoms with Crippen LogP contribution in [0, 0.1) is 0 Å². The van der Waals surface area contributed by atoms with Crippen molar-refractivity contribution in [3.8, 4) is 11.3 Å². The van der Waals surface area contributed by atoms with Gasteiger partial charge in [-0.3, -0.25) is 9.30 Å². The first kappa shape index (κ1) is 21.3. The van der Waals surface area contributed by atoms with Gasteiger partial charge in [-0.2, -0.15) is 0 Å². The molecule has 4 aromatic rings. The van der Waals surface area contributed by atoms with Crippen LogP contribution in [-0.2, 0) is 0 Å². The number of aromatic amines is 1. The summed E-state index contributed by atoms with van der Waals surface area (Å²) < 4.78 is 2.29. The van der Waals surface area contributed by atoms with Crippen molar-refractivity contribution in [2.24, 2.45) is 0 Å². The molecule has 1 atom stereocenters. The summed E-state index contributed by atoms with van der Waals surface area (Å²) in [6.45, 7) is 8.75. The quantitative estimate of drug-likeness (QED) is 0.460. The Labute approximate surface area is 172 Å². The molecule has 0 aliphatic heterocycles. The average molecular weight is 405 g/mol. The standard InChI is InChI=1S/C21H24N4.2ClH/c1-4-24(5-2)15(3)20-19(16-11-7-6-8-12-16)23-21-22-17-13-9-10-14-18(17)25(20)21;;/h6-15H,4-5H2,1-3H3,(H,22,23);2*1H. The number of benzene rings is 2. The van der Waals surface area contributed by atoms with Gasteiger partial charge in [0.1, 0.15) is 0 Å². The van der Waals surface area contributed by atoms with Gasteiger partial charge in [0.2, 0.25) is 5.78 Å². The lowest BCUT2D eigenvalue weighted by Gasteiger charge is -2.27. The molecular weight excluding hydrogens is 379 g/mol. The highest BCUT2D eigenvalue weighted by Gasteiger charge is 2.24. The summed E-state index contributed by atoms with van der Waals surface area (Å²) in [5.41, 5.74) is 5.79. The first-order valence-electron chi connectivity index (χ1n) is 9.03. The minimum Gasteiger partial charge on any atom is -0.323 e. The summed E-state index contributed by atoms with van der Waals surface area (Å²) in [6, 6.07) is 19.2. The van der Waals surface area contributed by atoms with E-state index in [2.05, 4.69) is 83.6 Å². The lowest BCUT2D eigenvalue weighted by Crippen LogP contribution is -2.27. The van der Waals surface area contributed by atoms with Gasteiger partial charge in [0.05, 0.1) is 22.4 Å². The van der Waals surface area contributed by atoms with Crippen LogP contribution in [0.15, 0.2) is 54.6 Å². The van der Waals surface area contributed by atoms with Gasteiger partial charge in [-0.25, -0.2) is 4.98 Å². The predicted octanol–water partition coefficient (Wildman–Crippen LogP) is 5.73. The number of nitrogens with one attached hydrogen (secondary N) is 1. The van der Waals surface area contributed by atoms with Crippen molar-refractivity contribution in [3.05, 3.63) is 60.3 Å². The monoisotopic (exact) mass is 404 g/mol. The van der Waals surface area contributed by atoms with Gasteiger partial charge in [0, 0.05) is 11.6 Å². The van der Waals surface area contributed by atoms with E-state index in [-0.39, 0.29) is 30.9 Å². The van der Waals surface area contributed by atoms with Crippen LogP contribution in [0.1, 0.15) is 32.5 Å². The van der Waals surface area contributed by atoms with Crippen LogP contribution in [0.3, 0.4) is 0 Å². The Morgan fingerprint density at radius 2 is 1.59 bits per heavy atom. The number of imidazole rings is 2. The summed E-state index contributed by atoms with van der Waals surface area (Å²) in [6.07, 6.45) is 0. The molecule has 0 fully saturated rings. The normalized spacial score (nSPS) is 12.1. The van der Waals surface area contributed by atoms with E-state index >= 15 is 0 Å². The molecular formula is C21H26Cl2N4. The zero-order valence-electron chi connectivity index (χ0n) is 15.8. The highest BCUT2D eigenvalue weighted by molar-refractivity contribution is 5.85. The van der Waals surface area contributed by atoms with Crippen LogP contribution in [0.5, 0.6) is 0 Å². The Kier molecular flexibility index (Phi) is 6.93. The number of hydrogen-bond acceptors (Lipinski definition) is 2. The molecule has 0 saturated carbocycles. The first-order valence-corrected chi connectivity index (χ1v) is 9.03. The summed E-state index contributed by atoms with van der Waals surface area (Å²) in [4.78, 5) is 10.9. The van der Waals surface area contributed by atoms with Crippen LogP contribution in [0.4, 0.5) is 0 Å². The largest absolute Gasteiger partial charge is 0.323 e. The maximum atomic E-state index is 4.97. The maximum Gasteiger partial charge on any atom is 0.213 e. The Morgan fingerprint density at radius 1 is 0.963 bits per heavy atom. The van der Waals surface area contributed by atoms with Crippen molar-refractivity contribution in [3.63, 3.8) is 0 Å². The maximum absolute atomic E-state index is 4.97. The predicted molar refractivity (Wildman–Crippen MR) is 118 cm³/mol. The van der Waals surface area contributed by atoms with Crippen LogP contribution in [0.2, 0.25) is 0 Å². The fraction of sp³-hybridized carbons (Fsp3) is 0.286. The Bertz CT molecular complexity index is 1000. The molecule has 0 saturated heterocycles. The molecule has 1 N–H and O–H groups in total. The Balaban J connectivity index is 0.00000131. The third kappa shape index (κ3) is 3.57. The molecule has 0 aliphatic rings. The van der Waals surface area contributed by atoms with E-state index in [9.17, 15) is 0 Å². The zero-order chi connectivity index (χ0) is 17.4. The van der Waals surface area contributed by atoms with Crippen LogP contribution < -0.4 is 0 Å². The molecule has 144 valence electrons. The summed E-state index contributed by atoms with van der Waals surface area (Å²) in [5, 5.41) is 0. The first-order chi connectivity index (χ1) is 12.2. The van der Waals surface area contributed by atoms with Crippen LogP contribution in [0.25, 0.3) is 28.1 Å². The minimum absolute atomic E-state index is 0. The van der Waals surface area contributed by atoms with Gasteiger partial charge in [-0.05, 0) is 32.1 Å². The van der Waals surface area contributed by atoms with Crippen molar-refractivity contribution in [1.82, 2.24) is 19.3 Å².